The van der Waals surface area contributed by atoms with E-state index >= 15 is 0 Å². The molecule has 1 atom stereocenters. The van der Waals surface area contributed by atoms with Gasteiger partial charge in [-0.15, -0.1) is 11.8 Å². The Bertz CT molecular complexity index is 1040. The highest BCUT2D eigenvalue weighted by Gasteiger charge is 2.37. The third kappa shape index (κ3) is 4.88. The quantitative estimate of drug-likeness (QED) is 0.349. The highest BCUT2D eigenvalue weighted by molar-refractivity contribution is 8.00. The van der Waals surface area contributed by atoms with Gasteiger partial charge in [-0.3, -0.25) is 19.3 Å². The van der Waals surface area contributed by atoms with Gasteiger partial charge in [0, 0.05) is 23.9 Å². The molecule has 0 N–H and O–H groups in total. The van der Waals surface area contributed by atoms with Crippen molar-refractivity contribution >= 4 is 35.3 Å². The minimum Gasteiger partial charge on any atom is -0.493 e. The average Bonchev–Trinajstić information content (AvgIpc) is 3.03. The summed E-state index contributed by atoms with van der Waals surface area (Å²) in [4.78, 5) is 50.6. The number of carbonyl (C=O) groups is 4. The van der Waals surface area contributed by atoms with Crippen molar-refractivity contribution in [3.8, 4) is 11.5 Å². The van der Waals surface area contributed by atoms with E-state index in [0.29, 0.717) is 22.0 Å². The lowest BCUT2D eigenvalue weighted by molar-refractivity contribution is -0.136. The zero-order valence-electron chi connectivity index (χ0n) is 17.2. The zero-order valence-corrected chi connectivity index (χ0v) is 18.1. The average molecular weight is 443 g/mol. The second-order valence-electron chi connectivity index (χ2n) is 6.67. The number of ketones is 1. The van der Waals surface area contributed by atoms with Gasteiger partial charge in [0.05, 0.1) is 25.0 Å². The van der Waals surface area contributed by atoms with Crippen LogP contribution in [-0.2, 0) is 14.3 Å². The first-order valence-corrected chi connectivity index (χ1v) is 10.2. The monoisotopic (exact) mass is 443 g/mol. The second-order valence-corrected chi connectivity index (χ2v) is 7.91. The zero-order chi connectivity index (χ0) is 22.5. The van der Waals surface area contributed by atoms with Gasteiger partial charge >= 0.3 is 5.97 Å². The van der Waals surface area contributed by atoms with Crippen molar-refractivity contribution in [2.45, 2.75) is 16.6 Å². The van der Waals surface area contributed by atoms with E-state index in [0.717, 1.165) is 16.7 Å². The molecular weight excluding hydrogens is 422 g/mol. The lowest BCUT2D eigenvalue weighted by atomic mass is 10.1. The fraction of sp³-hybridized carbons (Fsp3) is 0.273. The van der Waals surface area contributed by atoms with Gasteiger partial charge < -0.3 is 14.2 Å². The number of carbonyl (C=O) groups excluding carboxylic acids is 4. The third-order valence-electron chi connectivity index (χ3n) is 4.76. The van der Waals surface area contributed by atoms with Crippen molar-refractivity contribution in [1.29, 1.82) is 0 Å². The van der Waals surface area contributed by atoms with Crippen LogP contribution >= 0.6 is 11.8 Å². The SMILES string of the molecule is COc1ccc(C(=O)COC(=O)c2ccccc2SC2CC(=O)N(C)C2=O)cc1OC. The summed E-state index contributed by atoms with van der Waals surface area (Å²) < 4.78 is 15.5. The van der Waals surface area contributed by atoms with Crippen molar-refractivity contribution in [2.24, 2.45) is 0 Å². The van der Waals surface area contributed by atoms with Gasteiger partial charge in [-0.05, 0) is 30.3 Å². The molecule has 162 valence electrons. The molecule has 3 rings (SSSR count). The summed E-state index contributed by atoms with van der Waals surface area (Å²) in [5.74, 6) is -0.792. The number of hydrogen-bond acceptors (Lipinski definition) is 8. The largest absolute Gasteiger partial charge is 0.493 e. The first-order chi connectivity index (χ1) is 14.8. The van der Waals surface area contributed by atoms with Crippen LogP contribution in [0.2, 0.25) is 0 Å². The van der Waals surface area contributed by atoms with Gasteiger partial charge in [-0.25, -0.2) is 4.79 Å². The number of likely N-dealkylation sites (tertiary alicyclic amines) is 1. The molecule has 0 aromatic heterocycles. The molecule has 9 heteroatoms. The Morgan fingerprint density at radius 2 is 1.77 bits per heavy atom. The fourth-order valence-electron chi connectivity index (χ4n) is 3.01. The first-order valence-electron chi connectivity index (χ1n) is 9.34. The summed E-state index contributed by atoms with van der Waals surface area (Å²) >= 11 is 1.13. The van der Waals surface area contributed by atoms with Gasteiger partial charge in [-0.2, -0.15) is 0 Å². The van der Waals surface area contributed by atoms with Crippen LogP contribution in [0.4, 0.5) is 0 Å². The van der Waals surface area contributed by atoms with Crippen LogP contribution in [0, 0.1) is 0 Å². The van der Waals surface area contributed by atoms with Crippen molar-refractivity contribution in [1.82, 2.24) is 4.90 Å². The maximum atomic E-state index is 12.6. The Labute approximate surface area is 183 Å². The molecule has 2 aromatic rings. The van der Waals surface area contributed by atoms with Gasteiger partial charge in [0.15, 0.2) is 23.9 Å². The van der Waals surface area contributed by atoms with E-state index < -0.39 is 23.6 Å². The van der Waals surface area contributed by atoms with E-state index in [4.69, 9.17) is 14.2 Å². The maximum absolute atomic E-state index is 12.6. The molecule has 0 saturated carbocycles. The molecule has 2 amide bonds. The highest BCUT2D eigenvalue weighted by atomic mass is 32.2. The predicted octanol–water partition coefficient (Wildman–Crippen LogP) is 2.59. The van der Waals surface area contributed by atoms with Crippen molar-refractivity contribution in [3.63, 3.8) is 0 Å². The van der Waals surface area contributed by atoms with Crippen LogP contribution in [0.5, 0.6) is 11.5 Å². The van der Waals surface area contributed by atoms with Crippen LogP contribution in [0.25, 0.3) is 0 Å². The minimum atomic E-state index is -0.693. The third-order valence-corrected chi connectivity index (χ3v) is 6.02. The van der Waals surface area contributed by atoms with E-state index in [9.17, 15) is 19.2 Å². The molecule has 0 radical (unpaired) electrons. The number of hydrogen-bond donors (Lipinski definition) is 0. The number of benzene rings is 2. The van der Waals surface area contributed by atoms with E-state index in [1.165, 1.54) is 27.3 Å². The Hall–Kier alpha value is -3.33. The van der Waals surface area contributed by atoms with E-state index in [1.54, 1.807) is 36.4 Å². The molecule has 1 unspecified atom stereocenters. The maximum Gasteiger partial charge on any atom is 0.339 e. The molecule has 2 aromatic carbocycles. The summed E-state index contributed by atoms with van der Waals surface area (Å²) in [6, 6.07) is 11.3. The van der Waals surface area contributed by atoms with E-state index in [2.05, 4.69) is 0 Å². The molecule has 1 aliphatic rings. The number of thioether (sulfide) groups is 1. The smallest absolute Gasteiger partial charge is 0.339 e. The molecule has 31 heavy (non-hydrogen) atoms. The molecule has 1 heterocycles. The summed E-state index contributed by atoms with van der Waals surface area (Å²) in [6.45, 7) is -0.461. The minimum absolute atomic E-state index is 0.0706. The molecule has 8 nitrogen and oxygen atoms in total. The normalized spacial score (nSPS) is 15.7. The van der Waals surface area contributed by atoms with Gasteiger partial charge in [0.2, 0.25) is 11.8 Å². The number of imide groups is 1. The first kappa shape index (κ1) is 22.4. The molecular formula is C22H21NO7S. The standard InChI is InChI=1S/C22H21NO7S/c1-23-20(25)11-19(21(23)26)31-18-7-5-4-6-14(18)22(27)30-12-15(24)13-8-9-16(28-2)17(10-13)29-3/h4-10,19H,11-12H2,1-3H3. The number of nitrogens with zero attached hydrogens (tertiary/aromatic N) is 1. The van der Waals surface area contributed by atoms with E-state index in [-0.39, 0.29) is 23.8 Å². The van der Waals surface area contributed by atoms with Gasteiger partial charge in [-0.1, -0.05) is 12.1 Å². The van der Waals surface area contributed by atoms with Crippen molar-refractivity contribution in [2.75, 3.05) is 27.9 Å². The molecule has 0 bridgehead atoms. The summed E-state index contributed by atoms with van der Waals surface area (Å²) in [5, 5.41) is -0.597. The summed E-state index contributed by atoms with van der Waals surface area (Å²) in [5.41, 5.74) is 0.536. The summed E-state index contributed by atoms with van der Waals surface area (Å²) in [7, 11) is 4.38. The lowest BCUT2D eigenvalue weighted by Crippen LogP contribution is -2.26. The van der Waals surface area contributed by atoms with Gasteiger partial charge in [0.25, 0.3) is 0 Å². The molecule has 1 saturated heterocycles. The Balaban J connectivity index is 1.68. The van der Waals surface area contributed by atoms with Crippen LogP contribution in [-0.4, -0.2) is 61.6 Å². The fourth-order valence-corrected chi connectivity index (χ4v) is 4.23. The topological polar surface area (TPSA) is 99.2 Å². The molecule has 1 fully saturated rings. The summed E-state index contributed by atoms with van der Waals surface area (Å²) in [6.07, 6.45) is 0.0706. The Kier molecular flexibility index (Phi) is 6.96. The number of methoxy groups -OCH3 is 2. The number of amides is 2. The number of ether oxygens (including phenoxy) is 3. The number of Topliss-reactive ketones (excluding diaryl/α,β-unsaturated/α-hetero) is 1. The lowest BCUT2D eigenvalue weighted by Gasteiger charge is -2.12. The molecule has 0 aliphatic carbocycles. The predicted molar refractivity (Wildman–Crippen MR) is 113 cm³/mol. The van der Waals surface area contributed by atoms with Crippen molar-refractivity contribution in [3.05, 3.63) is 53.6 Å². The molecule has 1 aliphatic heterocycles. The van der Waals surface area contributed by atoms with Crippen molar-refractivity contribution < 1.29 is 33.4 Å². The highest BCUT2D eigenvalue weighted by Crippen LogP contribution is 2.33. The van der Waals surface area contributed by atoms with Crippen LogP contribution < -0.4 is 9.47 Å². The number of esters is 1. The number of rotatable bonds is 8. The van der Waals surface area contributed by atoms with Crippen LogP contribution in [0.15, 0.2) is 47.4 Å². The van der Waals surface area contributed by atoms with E-state index in [1.807, 2.05) is 0 Å². The molecule has 0 spiro atoms. The van der Waals surface area contributed by atoms with Gasteiger partial charge in [0.1, 0.15) is 0 Å². The Morgan fingerprint density at radius 3 is 2.42 bits per heavy atom. The van der Waals surface area contributed by atoms with Crippen LogP contribution in [0.3, 0.4) is 0 Å². The second kappa shape index (κ2) is 9.65. The Morgan fingerprint density at radius 1 is 1.06 bits per heavy atom. The van der Waals surface area contributed by atoms with Crippen LogP contribution in [0.1, 0.15) is 27.1 Å².